The minimum atomic E-state index is -1.07. The first-order valence-corrected chi connectivity index (χ1v) is 26.2. The highest BCUT2D eigenvalue weighted by atomic mass is 32.2. The molecule has 2 aromatic heterocycles. The summed E-state index contributed by atoms with van der Waals surface area (Å²) in [7, 11) is 0. The lowest BCUT2D eigenvalue weighted by atomic mass is 10.0. The van der Waals surface area contributed by atoms with E-state index in [9.17, 15) is 29.4 Å². The standard InChI is InChI=1S/C54H66N6O11S/c61-51(15-16-52(62)60-34-39-7-1-2-10-42(39)44-33-45(44)43-11-3-4-14-48(43)60)55-17-22-67-29-30-72-37-38-31-49-50(32-38)71-26-21-59(36-41-9-6-13-47(57-41)54(65)66)19-24-69-28-27-68-23-18-58(20-25-70-49)35-40-8-5-12-46(56-40)53(63)64/h1-14,38,49-50H,15-37H2,(H,55,61)(H,63,64)(H,65,66). The normalized spacial score (nSPS) is 20.4. The SMILES string of the molecule is O=C(CCC(=O)N1Cc2ccccc2C2=C(C2)c2ccccc21)NCCOCCSCC1CC2OCCN(Cc3cccc(C(=O)O)n3)CCOCCOCCN(Cc3cccc(C(=O)O)n3)CCOC2C1. The number of anilines is 1. The van der Waals surface area contributed by atoms with Gasteiger partial charge < -0.3 is 44.1 Å². The van der Waals surface area contributed by atoms with Gasteiger partial charge >= 0.3 is 11.9 Å². The van der Waals surface area contributed by atoms with Gasteiger partial charge in [-0.05, 0) is 83.5 Å². The summed E-state index contributed by atoms with van der Waals surface area (Å²) in [4.78, 5) is 64.6. The molecule has 72 heavy (non-hydrogen) atoms. The number of nitrogens with one attached hydrogen (secondary N) is 1. The van der Waals surface area contributed by atoms with E-state index < -0.39 is 11.9 Å². The molecule has 8 rings (SSSR count). The van der Waals surface area contributed by atoms with Crippen molar-refractivity contribution < 1.29 is 53.1 Å². The fraction of sp³-hybridized carbons (Fsp3) is 0.481. The molecular weight excluding hydrogens is 941 g/mol. The van der Waals surface area contributed by atoms with Crippen LogP contribution in [0.4, 0.5) is 5.69 Å². The van der Waals surface area contributed by atoms with Crippen molar-refractivity contribution in [2.24, 2.45) is 5.92 Å². The number of amides is 2. The van der Waals surface area contributed by atoms with Crippen molar-refractivity contribution in [2.45, 2.75) is 63.9 Å². The van der Waals surface area contributed by atoms with Crippen LogP contribution in [0.2, 0.25) is 0 Å². The minimum Gasteiger partial charge on any atom is -0.477 e. The van der Waals surface area contributed by atoms with Gasteiger partial charge in [0.25, 0.3) is 0 Å². The van der Waals surface area contributed by atoms with Crippen LogP contribution < -0.4 is 10.2 Å². The maximum absolute atomic E-state index is 13.7. The second kappa shape index (κ2) is 26.9. The van der Waals surface area contributed by atoms with Gasteiger partial charge in [-0.2, -0.15) is 11.8 Å². The number of thioether (sulfide) groups is 1. The summed E-state index contributed by atoms with van der Waals surface area (Å²) in [6, 6.07) is 26.3. The molecule has 18 heteroatoms. The number of carbonyl (C=O) groups is 4. The third-order valence-electron chi connectivity index (χ3n) is 13.3. The van der Waals surface area contributed by atoms with Crippen molar-refractivity contribution >= 4 is 52.3 Å². The number of nitrogens with zero attached hydrogens (tertiary/aromatic N) is 5. The van der Waals surface area contributed by atoms with Gasteiger partial charge in [-0.3, -0.25) is 19.4 Å². The highest BCUT2D eigenvalue weighted by Gasteiger charge is 2.36. The highest BCUT2D eigenvalue weighted by Crippen LogP contribution is 2.52. The Morgan fingerprint density at radius 1 is 0.667 bits per heavy atom. The summed E-state index contributed by atoms with van der Waals surface area (Å²) in [5.41, 5.74) is 8.25. The van der Waals surface area contributed by atoms with E-state index >= 15 is 0 Å². The van der Waals surface area contributed by atoms with Gasteiger partial charge in [0, 0.05) is 70.0 Å². The lowest BCUT2D eigenvalue weighted by Gasteiger charge is -2.27. The lowest BCUT2D eigenvalue weighted by molar-refractivity contribution is -0.125. The van der Waals surface area contributed by atoms with Crippen molar-refractivity contribution in [3.8, 4) is 0 Å². The van der Waals surface area contributed by atoms with Gasteiger partial charge in [0.05, 0.1) is 88.7 Å². The zero-order valence-electron chi connectivity index (χ0n) is 40.8. The molecule has 384 valence electrons. The van der Waals surface area contributed by atoms with Gasteiger partial charge in [0.2, 0.25) is 11.8 Å². The number of ether oxygens (including phenoxy) is 5. The fourth-order valence-corrected chi connectivity index (χ4v) is 10.5. The van der Waals surface area contributed by atoms with Crippen LogP contribution in [0.25, 0.3) is 11.1 Å². The quantitative estimate of drug-likeness (QED) is 0.105. The Hall–Kier alpha value is -5.57. The number of aromatic carboxylic acids is 2. The smallest absolute Gasteiger partial charge is 0.354 e. The number of carboxylic acids is 2. The molecule has 4 heterocycles. The molecule has 2 unspecified atom stereocenters. The molecule has 1 saturated carbocycles. The van der Waals surface area contributed by atoms with Crippen molar-refractivity contribution in [3.05, 3.63) is 124 Å². The highest BCUT2D eigenvalue weighted by molar-refractivity contribution is 7.99. The largest absolute Gasteiger partial charge is 0.477 e. The maximum atomic E-state index is 13.7. The van der Waals surface area contributed by atoms with Gasteiger partial charge in [-0.1, -0.05) is 54.6 Å². The Morgan fingerprint density at radius 2 is 1.25 bits per heavy atom. The van der Waals surface area contributed by atoms with Crippen LogP contribution >= 0.6 is 11.8 Å². The van der Waals surface area contributed by atoms with E-state index in [1.807, 2.05) is 59.1 Å². The molecule has 0 bridgehead atoms. The van der Waals surface area contributed by atoms with E-state index in [1.54, 1.807) is 12.1 Å². The van der Waals surface area contributed by atoms with Gasteiger partial charge in [-0.25, -0.2) is 19.6 Å². The molecular formula is C54H66N6O11S. The minimum absolute atomic E-state index is 0.00114. The number of para-hydroxylation sites is 1. The first-order chi connectivity index (χ1) is 35.2. The van der Waals surface area contributed by atoms with Crippen LogP contribution in [0.3, 0.4) is 0 Å². The Labute approximate surface area is 425 Å². The summed E-state index contributed by atoms with van der Waals surface area (Å²) in [6.45, 7) is 7.52. The second-order valence-electron chi connectivity index (χ2n) is 18.4. The molecule has 2 aliphatic carbocycles. The van der Waals surface area contributed by atoms with E-state index in [0.717, 1.165) is 47.6 Å². The average molecular weight is 1010 g/mol. The predicted octanol–water partition coefficient (Wildman–Crippen LogP) is 5.91. The zero-order valence-corrected chi connectivity index (χ0v) is 41.6. The second-order valence-corrected chi connectivity index (χ2v) is 19.5. The average Bonchev–Trinajstić information content (AvgIpc) is 4.08. The van der Waals surface area contributed by atoms with Crippen molar-refractivity contribution in [1.82, 2.24) is 25.1 Å². The molecule has 0 radical (unpaired) electrons. The number of hydrogen-bond acceptors (Lipinski definition) is 14. The first kappa shape index (κ1) is 52.7. The summed E-state index contributed by atoms with van der Waals surface area (Å²) >= 11 is 1.82. The van der Waals surface area contributed by atoms with Gasteiger partial charge in [0.15, 0.2) is 0 Å². The molecule has 2 amide bonds. The molecule has 2 fully saturated rings. The number of pyridine rings is 2. The van der Waals surface area contributed by atoms with Crippen LogP contribution in [0, 0.1) is 5.92 Å². The number of carbonyl (C=O) groups excluding carboxylic acids is 2. The molecule has 4 aromatic rings. The van der Waals surface area contributed by atoms with Crippen LogP contribution in [0.1, 0.15) is 81.2 Å². The number of benzene rings is 2. The monoisotopic (exact) mass is 1010 g/mol. The summed E-state index contributed by atoms with van der Waals surface area (Å²) < 4.78 is 31.0. The molecule has 0 spiro atoms. The number of allylic oxidation sites excluding steroid dienone is 2. The maximum Gasteiger partial charge on any atom is 0.354 e. The van der Waals surface area contributed by atoms with Crippen LogP contribution in [0.15, 0.2) is 84.9 Å². The van der Waals surface area contributed by atoms with Crippen LogP contribution in [-0.4, -0.2) is 163 Å². The number of hydrogen-bond donors (Lipinski definition) is 3. The van der Waals surface area contributed by atoms with E-state index in [4.69, 9.17) is 23.7 Å². The molecule has 2 aromatic carbocycles. The van der Waals surface area contributed by atoms with E-state index in [0.29, 0.717) is 123 Å². The van der Waals surface area contributed by atoms with Gasteiger partial charge in [-0.15, -0.1) is 0 Å². The van der Waals surface area contributed by atoms with E-state index in [1.165, 1.54) is 28.8 Å². The lowest BCUT2D eigenvalue weighted by Crippen LogP contribution is -2.36. The Morgan fingerprint density at radius 3 is 1.89 bits per heavy atom. The summed E-state index contributed by atoms with van der Waals surface area (Å²) in [5.74, 6) is -0.350. The van der Waals surface area contributed by atoms with E-state index in [-0.39, 0.29) is 48.3 Å². The molecule has 2 aliphatic heterocycles. The van der Waals surface area contributed by atoms with Crippen molar-refractivity contribution in [3.63, 3.8) is 0 Å². The molecule has 2 atom stereocenters. The summed E-state index contributed by atoms with van der Waals surface area (Å²) in [5, 5.41) is 21.9. The molecule has 3 N–H and O–H groups in total. The fourth-order valence-electron chi connectivity index (χ4n) is 9.51. The summed E-state index contributed by atoms with van der Waals surface area (Å²) in [6.07, 6.45) is 2.53. The molecule has 17 nitrogen and oxygen atoms in total. The van der Waals surface area contributed by atoms with Crippen molar-refractivity contribution in [1.29, 1.82) is 0 Å². The third-order valence-corrected chi connectivity index (χ3v) is 14.4. The number of fused-ring (bicyclic) bond motifs is 5. The van der Waals surface area contributed by atoms with Gasteiger partial charge in [0.1, 0.15) is 11.4 Å². The third kappa shape index (κ3) is 15.5. The first-order valence-electron chi connectivity index (χ1n) is 25.0. The van der Waals surface area contributed by atoms with Crippen molar-refractivity contribution in [2.75, 3.05) is 102 Å². The Kier molecular flexibility index (Phi) is 19.7. The molecule has 1 saturated heterocycles. The predicted molar refractivity (Wildman–Crippen MR) is 273 cm³/mol. The number of carboxylic acid groups (broad SMARTS) is 2. The zero-order chi connectivity index (χ0) is 50.1. The Bertz CT molecular complexity index is 2420. The van der Waals surface area contributed by atoms with E-state index in [2.05, 4.69) is 43.3 Å². The van der Waals surface area contributed by atoms with Crippen LogP contribution in [0.5, 0.6) is 0 Å². The Balaban J connectivity index is 0.783. The van der Waals surface area contributed by atoms with Crippen LogP contribution in [-0.2, 0) is 52.9 Å². The number of aromatic nitrogens is 2. The number of rotatable bonds is 17. The topological polar surface area (TPSA) is 202 Å². The molecule has 4 aliphatic rings.